The molecule has 1 aliphatic rings. The largest absolute Gasteiger partial charge is 0.311 e. The maximum atomic E-state index is 12.6. The van der Waals surface area contributed by atoms with Crippen LogP contribution in [0.2, 0.25) is 5.02 Å². The quantitative estimate of drug-likeness (QED) is 0.848. The molecule has 1 heterocycles. The molecule has 0 unspecified atom stereocenters. The van der Waals surface area contributed by atoms with Gasteiger partial charge in [-0.2, -0.15) is 0 Å². The first-order valence-corrected chi connectivity index (χ1v) is 6.71. The molecule has 0 spiro atoms. The minimum absolute atomic E-state index is 0.101. The molecule has 3 nitrogen and oxygen atoms in total. The first kappa shape index (κ1) is 13.4. The Morgan fingerprint density at radius 2 is 2.11 bits per heavy atom. The van der Waals surface area contributed by atoms with Crippen LogP contribution in [0.5, 0.6) is 0 Å². The summed E-state index contributed by atoms with van der Waals surface area (Å²) < 4.78 is 0. The molecule has 98 valence electrons. The molecule has 1 aromatic rings. The van der Waals surface area contributed by atoms with E-state index in [4.69, 9.17) is 11.6 Å². The molecular formula is C14H19ClN2O. The standard InChI is InChI=1S/C14H19ClN2O/c1-14(2)13(18)17(9-4-3-8-16-14)12-7-5-6-11(15)10-12/h5-7,10,16H,3-4,8-9H2,1-2H3. The average Bonchev–Trinajstić information content (AvgIpc) is 2.31. The van der Waals surface area contributed by atoms with E-state index in [0.29, 0.717) is 5.02 Å². The van der Waals surface area contributed by atoms with Crippen LogP contribution in [-0.2, 0) is 4.79 Å². The average molecular weight is 267 g/mol. The van der Waals surface area contributed by atoms with Crippen LogP contribution in [0.15, 0.2) is 24.3 Å². The van der Waals surface area contributed by atoms with Crippen molar-refractivity contribution in [1.29, 1.82) is 0 Å². The van der Waals surface area contributed by atoms with E-state index in [2.05, 4.69) is 5.32 Å². The lowest BCUT2D eigenvalue weighted by Crippen LogP contribution is -2.56. The van der Waals surface area contributed by atoms with Crippen LogP contribution in [-0.4, -0.2) is 24.5 Å². The Morgan fingerprint density at radius 3 is 2.83 bits per heavy atom. The fourth-order valence-electron chi connectivity index (χ4n) is 2.20. The molecule has 1 saturated heterocycles. The van der Waals surface area contributed by atoms with Crippen molar-refractivity contribution in [2.45, 2.75) is 32.2 Å². The highest BCUT2D eigenvalue weighted by molar-refractivity contribution is 6.30. The number of anilines is 1. The van der Waals surface area contributed by atoms with Crippen LogP contribution in [0.3, 0.4) is 0 Å². The lowest BCUT2D eigenvalue weighted by molar-refractivity contribution is -0.124. The van der Waals surface area contributed by atoms with Gasteiger partial charge in [0, 0.05) is 17.3 Å². The molecule has 0 saturated carbocycles. The van der Waals surface area contributed by atoms with Gasteiger partial charge in [0.1, 0.15) is 0 Å². The van der Waals surface area contributed by atoms with Crippen molar-refractivity contribution in [2.75, 3.05) is 18.0 Å². The number of hydrogen-bond donors (Lipinski definition) is 1. The number of halogens is 1. The summed E-state index contributed by atoms with van der Waals surface area (Å²) in [4.78, 5) is 14.4. The predicted octanol–water partition coefficient (Wildman–Crippen LogP) is 2.84. The van der Waals surface area contributed by atoms with Gasteiger partial charge in [0.05, 0.1) is 5.54 Å². The fraction of sp³-hybridized carbons (Fsp3) is 0.500. The third kappa shape index (κ3) is 2.85. The van der Waals surface area contributed by atoms with Crippen LogP contribution < -0.4 is 10.2 Å². The van der Waals surface area contributed by atoms with Crippen molar-refractivity contribution in [3.8, 4) is 0 Å². The monoisotopic (exact) mass is 266 g/mol. The maximum Gasteiger partial charge on any atom is 0.246 e. The lowest BCUT2D eigenvalue weighted by atomic mass is 10.0. The third-order valence-electron chi connectivity index (χ3n) is 3.28. The van der Waals surface area contributed by atoms with Crippen molar-refractivity contribution < 1.29 is 4.79 Å². The molecule has 0 atom stereocenters. The Labute approximate surface area is 113 Å². The molecule has 0 aliphatic carbocycles. The summed E-state index contributed by atoms with van der Waals surface area (Å²) in [6.07, 6.45) is 2.08. The Bertz CT molecular complexity index is 445. The topological polar surface area (TPSA) is 32.3 Å². The Hall–Kier alpha value is -1.06. The summed E-state index contributed by atoms with van der Waals surface area (Å²) >= 11 is 6.00. The van der Waals surface area contributed by atoms with Gasteiger partial charge in [-0.15, -0.1) is 0 Å². The molecule has 2 rings (SSSR count). The van der Waals surface area contributed by atoms with Crippen LogP contribution in [0, 0.1) is 0 Å². The maximum absolute atomic E-state index is 12.6. The second-order valence-electron chi connectivity index (χ2n) is 5.20. The summed E-state index contributed by atoms with van der Waals surface area (Å²) in [5.74, 6) is 0.101. The van der Waals surface area contributed by atoms with Gasteiger partial charge < -0.3 is 10.2 Å². The second kappa shape index (κ2) is 5.29. The van der Waals surface area contributed by atoms with Gasteiger partial charge in [-0.05, 0) is 51.4 Å². The number of rotatable bonds is 1. The highest BCUT2D eigenvalue weighted by Gasteiger charge is 2.33. The second-order valence-corrected chi connectivity index (χ2v) is 5.63. The zero-order chi connectivity index (χ0) is 13.2. The molecule has 1 aromatic carbocycles. The number of carbonyl (C=O) groups is 1. The summed E-state index contributed by atoms with van der Waals surface area (Å²) in [6, 6.07) is 7.48. The lowest BCUT2D eigenvalue weighted by Gasteiger charge is -2.35. The number of nitrogens with zero attached hydrogens (tertiary/aromatic N) is 1. The molecule has 4 heteroatoms. The van der Waals surface area contributed by atoms with Crippen LogP contribution in [0.4, 0.5) is 5.69 Å². The summed E-state index contributed by atoms with van der Waals surface area (Å²) in [5, 5.41) is 3.96. The molecule has 1 aliphatic heterocycles. The van der Waals surface area contributed by atoms with E-state index >= 15 is 0 Å². The van der Waals surface area contributed by atoms with Crippen molar-refractivity contribution in [1.82, 2.24) is 5.32 Å². The SMILES string of the molecule is CC1(C)NCCCCN(c2cccc(Cl)c2)C1=O. The van der Waals surface area contributed by atoms with E-state index in [-0.39, 0.29) is 5.91 Å². The predicted molar refractivity (Wildman–Crippen MR) is 75.1 cm³/mol. The van der Waals surface area contributed by atoms with Gasteiger partial charge in [0.2, 0.25) is 5.91 Å². The number of amides is 1. The molecule has 0 radical (unpaired) electrons. The first-order valence-electron chi connectivity index (χ1n) is 6.33. The minimum Gasteiger partial charge on any atom is -0.311 e. The minimum atomic E-state index is -0.525. The van der Waals surface area contributed by atoms with Gasteiger partial charge in [-0.3, -0.25) is 4.79 Å². The van der Waals surface area contributed by atoms with E-state index < -0.39 is 5.54 Å². The van der Waals surface area contributed by atoms with Gasteiger partial charge in [-0.25, -0.2) is 0 Å². The molecule has 0 bridgehead atoms. The Morgan fingerprint density at radius 1 is 1.33 bits per heavy atom. The Balaban J connectivity index is 2.31. The van der Waals surface area contributed by atoms with E-state index in [1.807, 2.05) is 43.0 Å². The molecule has 1 fully saturated rings. The van der Waals surface area contributed by atoms with E-state index in [0.717, 1.165) is 31.6 Å². The van der Waals surface area contributed by atoms with Crippen LogP contribution in [0.25, 0.3) is 0 Å². The number of benzene rings is 1. The van der Waals surface area contributed by atoms with Crippen molar-refractivity contribution in [3.05, 3.63) is 29.3 Å². The fourth-order valence-corrected chi connectivity index (χ4v) is 2.39. The summed E-state index contributed by atoms with van der Waals surface area (Å²) in [5.41, 5.74) is 0.354. The first-order chi connectivity index (χ1) is 8.50. The molecule has 1 amide bonds. The van der Waals surface area contributed by atoms with E-state index in [1.54, 1.807) is 0 Å². The normalized spacial score (nSPS) is 20.4. The van der Waals surface area contributed by atoms with Crippen LogP contribution in [0.1, 0.15) is 26.7 Å². The zero-order valence-corrected chi connectivity index (χ0v) is 11.6. The number of hydrogen-bond acceptors (Lipinski definition) is 2. The number of nitrogens with one attached hydrogen (secondary N) is 1. The molecule has 0 aromatic heterocycles. The van der Waals surface area contributed by atoms with Crippen LogP contribution >= 0.6 is 11.6 Å². The molecule has 18 heavy (non-hydrogen) atoms. The van der Waals surface area contributed by atoms with Crippen molar-refractivity contribution >= 4 is 23.2 Å². The van der Waals surface area contributed by atoms with E-state index in [1.165, 1.54) is 0 Å². The summed E-state index contributed by atoms with van der Waals surface area (Å²) in [7, 11) is 0. The van der Waals surface area contributed by atoms with Gasteiger partial charge >= 0.3 is 0 Å². The molecular weight excluding hydrogens is 248 g/mol. The number of carbonyl (C=O) groups excluding carboxylic acids is 1. The van der Waals surface area contributed by atoms with Gasteiger partial charge in [0.25, 0.3) is 0 Å². The van der Waals surface area contributed by atoms with Crippen molar-refractivity contribution in [2.24, 2.45) is 0 Å². The van der Waals surface area contributed by atoms with Gasteiger partial charge in [0.15, 0.2) is 0 Å². The summed E-state index contributed by atoms with van der Waals surface area (Å²) in [6.45, 7) is 5.50. The highest BCUT2D eigenvalue weighted by atomic mass is 35.5. The Kier molecular flexibility index (Phi) is 3.93. The van der Waals surface area contributed by atoms with E-state index in [9.17, 15) is 4.79 Å². The molecule has 1 N–H and O–H groups in total. The van der Waals surface area contributed by atoms with Crippen molar-refractivity contribution in [3.63, 3.8) is 0 Å². The van der Waals surface area contributed by atoms with Gasteiger partial charge in [-0.1, -0.05) is 17.7 Å². The highest BCUT2D eigenvalue weighted by Crippen LogP contribution is 2.23. The smallest absolute Gasteiger partial charge is 0.246 e. The zero-order valence-electron chi connectivity index (χ0n) is 10.9. The third-order valence-corrected chi connectivity index (χ3v) is 3.51.